The molecule has 1 aliphatic rings. The van der Waals surface area contributed by atoms with Crippen LogP contribution in [0.15, 0.2) is 94.9 Å². The average molecular weight is 326 g/mol. The van der Waals surface area contributed by atoms with Gasteiger partial charge < -0.3 is 4.74 Å². The standard InChI is InChI=1S/C22H18N2O/c1-25-20-14-12-17(13-15-20)21-23-16-22(24-21,18-8-4-2-5-9-18)19-10-6-3-7-11-19/h2-16H,1H3. The lowest BCUT2D eigenvalue weighted by Gasteiger charge is -2.24. The molecule has 1 heterocycles. The second kappa shape index (κ2) is 6.36. The molecule has 122 valence electrons. The predicted molar refractivity (Wildman–Crippen MR) is 102 cm³/mol. The van der Waals surface area contributed by atoms with Gasteiger partial charge in [0.2, 0.25) is 0 Å². The lowest BCUT2D eigenvalue weighted by atomic mass is 9.85. The summed E-state index contributed by atoms with van der Waals surface area (Å²) in [5, 5.41) is 0. The fraction of sp³-hybridized carbons (Fsp3) is 0.0909. The van der Waals surface area contributed by atoms with Gasteiger partial charge >= 0.3 is 0 Å². The van der Waals surface area contributed by atoms with E-state index in [-0.39, 0.29) is 0 Å². The van der Waals surface area contributed by atoms with Gasteiger partial charge in [-0.2, -0.15) is 0 Å². The Balaban J connectivity index is 1.83. The smallest absolute Gasteiger partial charge is 0.155 e. The molecule has 0 unspecified atom stereocenters. The molecule has 0 amide bonds. The van der Waals surface area contributed by atoms with Gasteiger partial charge in [-0.25, -0.2) is 9.98 Å². The Morgan fingerprint density at radius 2 is 1.28 bits per heavy atom. The van der Waals surface area contributed by atoms with E-state index in [1.165, 1.54) is 0 Å². The summed E-state index contributed by atoms with van der Waals surface area (Å²) < 4.78 is 5.23. The molecule has 3 heteroatoms. The first-order valence-electron chi connectivity index (χ1n) is 8.22. The van der Waals surface area contributed by atoms with Gasteiger partial charge in [0, 0.05) is 11.8 Å². The van der Waals surface area contributed by atoms with Crippen LogP contribution in [-0.4, -0.2) is 19.2 Å². The lowest BCUT2D eigenvalue weighted by molar-refractivity contribution is 0.415. The van der Waals surface area contributed by atoms with Crippen molar-refractivity contribution in [3.05, 3.63) is 102 Å². The van der Waals surface area contributed by atoms with Crippen LogP contribution in [0.4, 0.5) is 0 Å². The molecule has 0 bridgehead atoms. The molecule has 0 N–H and O–H groups in total. The second-order valence-corrected chi connectivity index (χ2v) is 5.92. The van der Waals surface area contributed by atoms with Gasteiger partial charge in [0.05, 0.1) is 7.11 Å². The monoisotopic (exact) mass is 326 g/mol. The van der Waals surface area contributed by atoms with Gasteiger partial charge in [-0.05, 0) is 35.4 Å². The zero-order valence-electron chi connectivity index (χ0n) is 14.0. The topological polar surface area (TPSA) is 34.0 Å². The molecule has 1 aliphatic heterocycles. The van der Waals surface area contributed by atoms with Crippen LogP contribution in [0.25, 0.3) is 0 Å². The minimum Gasteiger partial charge on any atom is -0.497 e. The molecule has 0 fully saturated rings. The van der Waals surface area contributed by atoms with E-state index in [0.717, 1.165) is 28.3 Å². The van der Waals surface area contributed by atoms with Crippen molar-refractivity contribution in [3.8, 4) is 5.75 Å². The minimum atomic E-state index is -0.586. The summed E-state index contributed by atoms with van der Waals surface area (Å²) in [6.45, 7) is 0. The summed E-state index contributed by atoms with van der Waals surface area (Å²) in [5.41, 5.74) is 2.60. The van der Waals surface area contributed by atoms with Crippen molar-refractivity contribution in [1.29, 1.82) is 0 Å². The summed E-state index contributed by atoms with van der Waals surface area (Å²) in [5.74, 6) is 1.55. The van der Waals surface area contributed by atoms with Crippen LogP contribution in [0.5, 0.6) is 5.75 Å². The summed E-state index contributed by atoms with van der Waals surface area (Å²) in [6, 6.07) is 28.4. The largest absolute Gasteiger partial charge is 0.497 e. The van der Waals surface area contributed by atoms with Crippen molar-refractivity contribution in [1.82, 2.24) is 0 Å². The third-order valence-corrected chi connectivity index (χ3v) is 4.43. The number of aliphatic imine (C=N–C) groups is 2. The van der Waals surface area contributed by atoms with E-state index in [2.05, 4.69) is 29.3 Å². The van der Waals surface area contributed by atoms with Gasteiger partial charge in [0.1, 0.15) is 11.3 Å². The van der Waals surface area contributed by atoms with Crippen LogP contribution >= 0.6 is 0 Å². The van der Waals surface area contributed by atoms with E-state index in [1.807, 2.05) is 66.9 Å². The molecule has 0 aliphatic carbocycles. The highest BCUT2D eigenvalue weighted by molar-refractivity contribution is 6.09. The molecule has 3 nitrogen and oxygen atoms in total. The zero-order valence-corrected chi connectivity index (χ0v) is 14.0. The highest BCUT2D eigenvalue weighted by Gasteiger charge is 2.36. The maximum atomic E-state index is 5.23. The number of hydrogen-bond acceptors (Lipinski definition) is 3. The summed E-state index contributed by atoms with van der Waals surface area (Å²) in [4.78, 5) is 9.69. The first-order chi connectivity index (χ1) is 12.3. The van der Waals surface area contributed by atoms with E-state index in [0.29, 0.717) is 0 Å². The van der Waals surface area contributed by atoms with Crippen molar-refractivity contribution in [2.45, 2.75) is 5.54 Å². The number of ether oxygens (including phenoxy) is 1. The Labute approximate surface area is 147 Å². The third kappa shape index (κ3) is 2.74. The highest BCUT2D eigenvalue weighted by Crippen LogP contribution is 2.36. The Hall–Kier alpha value is -3.20. The summed E-state index contributed by atoms with van der Waals surface area (Å²) in [7, 11) is 1.66. The number of methoxy groups -OCH3 is 1. The number of benzene rings is 3. The van der Waals surface area contributed by atoms with Crippen molar-refractivity contribution in [2.24, 2.45) is 9.98 Å². The molecule has 0 saturated carbocycles. The molecule has 25 heavy (non-hydrogen) atoms. The van der Waals surface area contributed by atoms with E-state index >= 15 is 0 Å². The van der Waals surface area contributed by atoms with Gasteiger partial charge in [-0.15, -0.1) is 0 Å². The molecule has 4 rings (SSSR count). The first kappa shape index (κ1) is 15.3. The average Bonchev–Trinajstić information content (AvgIpc) is 3.16. The predicted octanol–water partition coefficient (Wildman–Crippen LogP) is 4.47. The van der Waals surface area contributed by atoms with E-state index < -0.39 is 5.54 Å². The van der Waals surface area contributed by atoms with Gasteiger partial charge in [0.15, 0.2) is 5.84 Å². The third-order valence-electron chi connectivity index (χ3n) is 4.43. The van der Waals surface area contributed by atoms with Gasteiger partial charge in [-0.3, -0.25) is 0 Å². The lowest BCUT2D eigenvalue weighted by Crippen LogP contribution is -2.25. The van der Waals surface area contributed by atoms with E-state index in [1.54, 1.807) is 7.11 Å². The number of amidine groups is 1. The van der Waals surface area contributed by atoms with E-state index in [9.17, 15) is 0 Å². The summed E-state index contributed by atoms with van der Waals surface area (Å²) >= 11 is 0. The van der Waals surface area contributed by atoms with Gasteiger partial charge in [-0.1, -0.05) is 60.7 Å². The Bertz CT molecular complexity index is 874. The van der Waals surface area contributed by atoms with Crippen molar-refractivity contribution in [2.75, 3.05) is 7.11 Å². The van der Waals surface area contributed by atoms with Crippen molar-refractivity contribution < 1.29 is 4.74 Å². The highest BCUT2D eigenvalue weighted by atomic mass is 16.5. The molecular formula is C22H18N2O. The van der Waals surface area contributed by atoms with Crippen LogP contribution in [0, 0.1) is 0 Å². The number of hydrogen-bond donors (Lipinski definition) is 0. The van der Waals surface area contributed by atoms with Crippen molar-refractivity contribution >= 4 is 12.1 Å². The van der Waals surface area contributed by atoms with Crippen molar-refractivity contribution in [3.63, 3.8) is 0 Å². The van der Waals surface area contributed by atoms with Crippen LogP contribution in [0.1, 0.15) is 16.7 Å². The fourth-order valence-corrected chi connectivity index (χ4v) is 3.09. The maximum absolute atomic E-state index is 5.23. The first-order valence-corrected chi connectivity index (χ1v) is 8.22. The molecule has 3 aromatic rings. The molecule has 0 aromatic heterocycles. The minimum absolute atomic E-state index is 0.586. The number of rotatable bonds is 4. The molecular weight excluding hydrogens is 308 g/mol. The zero-order chi connectivity index (χ0) is 17.1. The SMILES string of the molecule is COc1ccc(C2=NC(c3ccccc3)(c3ccccc3)C=N2)cc1. The molecule has 0 spiro atoms. The van der Waals surface area contributed by atoms with Gasteiger partial charge in [0.25, 0.3) is 0 Å². The quantitative estimate of drug-likeness (QED) is 0.696. The Morgan fingerprint density at radius 3 is 1.80 bits per heavy atom. The van der Waals surface area contributed by atoms with E-state index in [4.69, 9.17) is 9.73 Å². The van der Waals surface area contributed by atoms with Crippen LogP contribution in [0.3, 0.4) is 0 Å². The molecule has 0 radical (unpaired) electrons. The van der Waals surface area contributed by atoms with Crippen LogP contribution < -0.4 is 4.74 Å². The molecule has 0 saturated heterocycles. The normalized spacial score (nSPS) is 15.0. The summed E-state index contributed by atoms with van der Waals surface area (Å²) in [6.07, 6.45) is 1.94. The Morgan fingerprint density at radius 1 is 0.720 bits per heavy atom. The number of nitrogens with zero attached hydrogens (tertiary/aromatic N) is 2. The maximum Gasteiger partial charge on any atom is 0.155 e. The molecule has 3 aromatic carbocycles. The Kier molecular flexibility index (Phi) is 3.90. The second-order valence-electron chi connectivity index (χ2n) is 5.92. The fourth-order valence-electron chi connectivity index (χ4n) is 3.09. The molecule has 0 atom stereocenters. The van der Waals surface area contributed by atoms with Crippen LogP contribution in [-0.2, 0) is 5.54 Å². The van der Waals surface area contributed by atoms with Crippen LogP contribution in [0.2, 0.25) is 0 Å².